The minimum Gasteiger partial charge on any atom is -0.457 e. The number of para-hydroxylation sites is 1. The van der Waals surface area contributed by atoms with E-state index in [-0.39, 0.29) is 4.90 Å². The number of hydrogen-bond donors (Lipinski definition) is 1. The molecule has 0 unspecified atom stereocenters. The second kappa shape index (κ2) is 7.85. The third-order valence-electron chi connectivity index (χ3n) is 4.01. The molecular weight excluding hydrogens is 376 g/mol. The first-order chi connectivity index (χ1) is 13.3. The largest absolute Gasteiger partial charge is 0.457 e. The standard InChI is InChI=1S/C20H22N4O3S/c1-14-19(15(2)22-20(21-14)24(3)4)23-28(25,26)18-12-10-17(11-13-18)27-16-8-6-5-7-9-16/h5-13,23H,1-4H3. The van der Waals surface area contributed by atoms with Crippen LogP contribution in [-0.2, 0) is 10.0 Å². The summed E-state index contributed by atoms with van der Waals surface area (Å²) in [7, 11) is -0.119. The highest BCUT2D eigenvalue weighted by Gasteiger charge is 2.19. The molecule has 0 radical (unpaired) electrons. The summed E-state index contributed by atoms with van der Waals surface area (Å²) in [5.41, 5.74) is 1.50. The van der Waals surface area contributed by atoms with Gasteiger partial charge in [-0.15, -0.1) is 0 Å². The predicted octanol–water partition coefficient (Wildman–Crippen LogP) is 3.75. The van der Waals surface area contributed by atoms with E-state index in [9.17, 15) is 8.42 Å². The van der Waals surface area contributed by atoms with Crippen LogP contribution in [0.2, 0.25) is 0 Å². The molecule has 1 N–H and O–H groups in total. The van der Waals surface area contributed by atoms with E-state index in [2.05, 4.69) is 14.7 Å². The third kappa shape index (κ3) is 4.40. The second-order valence-electron chi connectivity index (χ2n) is 6.46. The van der Waals surface area contributed by atoms with Crippen molar-refractivity contribution in [3.8, 4) is 11.5 Å². The molecule has 28 heavy (non-hydrogen) atoms. The van der Waals surface area contributed by atoms with E-state index in [0.717, 1.165) is 0 Å². The second-order valence-corrected chi connectivity index (χ2v) is 8.14. The molecule has 0 aliphatic heterocycles. The number of sulfonamides is 1. The monoisotopic (exact) mass is 398 g/mol. The van der Waals surface area contributed by atoms with Gasteiger partial charge in [0.15, 0.2) is 0 Å². The fourth-order valence-electron chi connectivity index (χ4n) is 2.55. The SMILES string of the molecule is Cc1nc(N(C)C)nc(C)c1NS(=O)(=O)c1ccc(Oc2ccccc2)cc1. The van der Waals surface area contributed by atoms with Crippen LogP contribution >= 0.6 is 0 Å². The Balaban J connectivity index is 1.82. The van der Waals surface area contributed by atoms with Crippen LogP contribution < -0.4 is 14.4 Å². The van der Waals surface area contributed by atoms with E-state index in [1.165, 1.54) is 12.1 Å². The number of rotatable bonds is 6. The molecule has 3 rings (SSSR count). The van der Waals surface area contributed by atoms with Crippen molar-refractivity contribution in [1.82, 2.24) is 9.97 Å². The van der Waals surface area contributed by atoms with Crippen LogP contribution in [0.4, 0.5) is 11.6 Å². The molecule has 0 aliphatic carbocycles. The number of anilines is 2. The van der Waals surface area contributed by atoms with Gasteiger partial charge in [-0.1, -0.05) is 18.2 Å². The topological polar surface area (TPSA) is 84.4 Å². The van der Waals surface area contributed by atoms with Gasteiger partial charge < -0.3 is 9.64 Å². The van der Waals surface area contributed by atoms with Crippen molar-refractivity contribution < 1.29 is 13.2 Å². The Labute approximate surface area is 165 Å². The smallest absolute Gasteiger partial charge is 0.262 e. The number of benzene rings is 2. The van der Waals surface area contributed by atoms with Crippen LogP contribution in [0.15, 0.2) is 59.5 Å². The maximum atomic E-state index is 12.8. The van der Waals surface area contributed by atoms with Crippen LogP contribution in [-0.4, -0.2) is 32.5 Å². The molecule has 0 aliphatic rings. The summed E-state index contributed by atoms with van der Waals surface area (Å²) < 4.78 is 33.8. The van der Waals surface area contributed by atoms with Gasteiger partial charge in [0.2, 0.25) is 5.95 Å². The van der Waals surface area contributed by atoms with Gasteiger partial charge in [-0.3, -0.25) is 4.72 Å². The number of nitrogens with zero attached hydrogens (tertiary/aromatic N) is 3. The highest BCUT2D eigenvalue weighted by Crippen LogP contribution is 2.26. The van der Waals surface area contributed by atoms with E-state index < -0.39 is 10.0 Å². The summed E-state index contributed by atoms with van der Waals surface area (Å²) >= 11 is 0. The van der Waals surface area contributed by atoms with E-state index in [1.54, 1.807) is 30.9 Å². The Hall–Kier alpha value is -3.13. The summed E-state index contributed by atoms with van der Waals surface area (Å²) in [4.78, 5) is 10.6. The number of aryl methyl sites for hydroxylation is 2. The van der Waals surface area contributed by atoms with Crippen molar-refractivity contribution in [3.05, 3.63) is 66.0 Å². The van der Waals surface area contributed by atoms with Gasteiger partial charge in [-0.25, -0.2) is 18.4 Å². The Morgan fingerprint density at radius 1 is 0.857 bits per heavy atom. The maximum absolute atomic E-state index is 12.8. The molecule has 8 heteroatoms. The normalized spacial score (nSPS) is 11.1. The molecule has 146 valence electrons. The van der Waals surface area contributed by atoms with Gasteiger partial charge in [0.1, 0.15) is 11.5 Å². The van der Waals surface area contributed by atoms with Gasteiger partial charge >= 0.3 is 0 Å². The lowest BCUT2D eigenvalue weighted by Crippen LogP contribution is -2.18. The molecule has 0 amide bonds. The van der Waals surface area contributed by atoms with Crippen LogP contribution in [0, 0.1) is 13.8 Å². The van der Waals surface area contributed by atoms with Crippen LogP contribution in [0.25, 0.3) is 0 Å². The molecule has 0 spiro atoms. The lowest BCUT2D eigenvalue weighted by atomic mass is 10.3. The quantitative estimate of drug-likeness (QED) is 0.681. The summed E-state index contributed by atoms with van der Waals surface area (Å²) in [6.07, 6.45) is 0. The summed E-state index contributed by atoms with van der Waals surface area (Å²) in [5.74, 6) is 1.76. The van der Waals surface area contributed by atoms with Crippen molar-refractivity contribution in [2.45, 2.75) is 18.7 Å². The molecular formula is C20H22N4O3S. The zero-order valence-electron chi connectivity index (χ0n) is 16.2. The molecule has 0 atom stereocenters. The first-order valence-electron chi connectivity index (χ1n) is 8.64. The van der Waals surface area contributed by atoms with Gasteiger partial charge in [0.05, 0.1) is 22.0 Å². The highest BCUT2D eigenvalue weighted by molar-refractivity contribution is 7.92. The summed E-state index contributed by atoms with van der Waals surface area (Å²) in [6.45, 7) is 3.49. The van der Waals surface area contributed by atoms with E-state index in [0.29, 0.717) is 34.5 Å². The Morgan fingerprint density at radius 3 is 1.93 bits per heavy atom. The van der Waals surface area contributed by atoms with Crippen LogP contribution in [0.3, 0.4) is 0 Å². The third-order valence-corrected chi connectivity index (χ3v) is 5.37. The van der Waals surface area contributed by atoms with Crippen molar-refractivity contribution in [2.75, 3.05) is 23.7 Å². The lowest BCUT2D eigenvalue weighted by Gasteiger charge is -2.16. The van der Waals surface area contributed by atoms with Gasteiger partial charge in [-0.05, 0) is 50.2 Å². The average Bonchev–Trinajstić information content (AvgIpc) is 2.66. The molecule has 0 bridgehead atoms. The van der Waals surface area contributed by atoms with Crippen molar-refractivity contribution >= 4 is 21.7 Å². The Morgan fingerprint density at radius 2 is 1.39 bits per heavy atom. The van der Waals surface area contributed by atoms with Crippen LogP contribution in [0.1, 0.15) is 11.4 Å². The molecule has 0 saturated carbocycles. The van der Waals surface area contributed by atoms with Crippen LogP contribution in [0.5, 0.6) is 11.5 Å². The number of nitrogens with one attached hydrogen (secondary N) is 1. The maximum Gasteiger partial charge on any atom is 0.262 e. The number of aromatic nitrogens is 2. The molecule has 7 nitrogen and oxygen atoms in total. The Kier molecular flexibility index (Phi) is 5.51. The summed E-state index contributed by atoms with van der Waals surface area (Å²) in [6, 6.07) is 15.5. The van der Waals surface area contributed by atoms with Crippen molar-refractivity contribution in [1.29, 1.82) is 0 Å². The van der Waals surface area contributed by atoms with Gasteiger partial charge in [0.25, 0.3) is 10.0 Å². The van der Waals surface area contributed by atoms with E-state index >= 15 is 0 Å². The summed E-state index contributed by atoms with van der Waals surface area (Å²) in [5, 5.41) is 0. The van der Waals surface area contributed by atoms with E-state index in [1.807, 2.05) is 44.4 Å². The van der Waals surface area contributed by atoms with Gasteiger partial charge in [-0.2, -0.15) is 0 Å². The molecule has 1 aromatic heterocycles. The average molecular weight is 398 g/mol. The van der Waals surface area contributed by atoms with Gasteiger partial charge in [0, 0.05) is 14.1 Å². The molecule has 0 fully saturated rings. The molecule has 1 heterocycles. The number of ether oxygens (including phenoxy) is 1. The predicted molar refractivity (Wildman–Crippen MR) is 110 cm³/mol. The molecule has 2 aromatic carbocycles. The molecule has 0 saturated heterocycles. The molecule has 3 aromatic rings. The van der Waals surface area contributed by atoms with E-state index in [4.69, 9.17) is 4.74 Å². The first kappa shape index (κ1) is 19.6. The van der Waals surface area contributed by atoms with Crippen molar-refractivity contribution in [3.63, 3.8) is 0 Å². The fourth-order valence-corrected chi connectivity index (χ4v) is 3.73. The Bertz CT molecular complexity index is 1040. The zero-order chi connectivity index (χ0) is 20.3. The number of hydrogen-bond acceptors (Lipinski definition) is 6. The minimum atomic E-state index is -3.78. The highest BCUT2D eigenvalue weighted by atomic mass is 32.2. The van der Waals surface area contributed by atoms with Crippen molar-refractivity contribution in [2.24, 2.45) is 0 Å². The lowest BCUT2D eigenvalue weighted by molar-refractivity contribution is 0.482. The minimum absolute atomic E-state index is 0.128. The fraction of sp³-hybridized carbons (Fsp3) is 0.200. The zero-order valence-corrected chi connectivity index (χ0v) is 17.0. The first-order valence-corrected chi connectivity index (χ1v) is 10.1.